The standard InChI is InChI=1S/C30H38N2O/c1-33-30-21-11-10-15-27(30)24-31-23-26-14-9-8-13-25(26)16-12-22-32(28-17-4-2-5-18-28)29-19-6-3-7-20-29/h8-11,13-15,21,23,28-29H,2-7,17-20,22,24H2,1H3. The molecule has 2 aliphatic rings. The average molecular weight is 443 g/mol. The summed E-state index contributed by atoms with van der Waals surface area (Å²) in [5, 5.41) is 0. The van der Waals surface area contributed by atoms with Crippen LogP contribution in [0.25, 0.3) is 0 Å². The number of hydrogen-bond acceptors (Lipinski definition) is 3. The fourth-order valence-electron chi connectivity index (χ4n) is 5.41. The molecule has 0 amide bonds. The van der Waals surface area contributed by atoms with Gasteiger partial charge in [0.1, 0.15) is 5.75 Å². The van der Waals surface area contributed by atoms with Gasteiger partial charge < -0.3 is 4.74 Å². The summed E-state index contributed by atoms with van der Waals surface area (Å²) in [6, 6.07) is 17.9. The number of hydrogen-bond donors (Lipinski definition) is 0. The van der Waals surface area contributed by atoms with Crippen LogP contribution in [-0.4, -0.2) is 36.9 Å². The van der Waals surface area contributed by atoms with Crippen LogP contribution in [0.1, 0.15) is 80.9 Å². The molecular formula is C30H38N2O. The normalized spacial score (nSPS) is 17.8. The number of aliphatic imine (C=N–C) groups is 1. The minimum absolute atomic E-state index is 0.600. The summed E-state index contributed by atoms with van der Waals surface area (Å²) in [5.74, 6) is 7.93. The molecule has 2 aliphatic carbocycles. The van der Waals surface area contributed by atoms with Crippen LogP contribution < -0.4 is 4.74 Å². The molecule has 2 fully saturated rings. The predicted molar refractivity (Wildman–Crippen MR) is 138 cm³/mol. The largest absolute Gasteiger partial charge is 0.496 e. The van der Waals surface area contributed by atoms with E-state index in [-0.39, 0.29) is 0 Å². The molecule has 0 atom stereocenters. The van der Waals surface area contributed by atoms with Gasteiger partial charge in [-0.05, 0) is 37.8 Å². The van der Waals surface area contributed by atoms with Crippen LogP contribution in [0, 0.1) is 11.8 Å². The summed E-state index contributed by atoms with van der Waals surface area (Å²) in [4.78, 5) is 7.46. The molecule has 0 spiro atoms. The van der Waals surface area contributed by atoms with Crippen molar-refractivity contribution in [1.29, 1.82) is 0 Å². The molecule has 2 saturated carbocycles. The van der Waals surface area contributed by atoms with Gasteiger partial charge in [-0.25, -0.2) is 0 Å². The Morgan fingerprint density at radius 2 is 1.52 bits per heavy atom. The summed E-state index contributed by atoms with van der Waals surface area (Å²) in [5.41, 5.74) is 3.24. The van der Waals surface area contributed by atoms with E-state index in [4.69, 9.17) is 4.74 Å². The molecule has 3 nitrogen and oxygen atoms in total. The third-order valence-corrected chi connectivity index (χ3v) is 7.22. The number of ether oxygens (including phenoxy) is 1. The first kappa shape index (κ1) is 23.6. The maximum absolute atomic E-state index is 5.45. The van der Waals surface area contributed by atoms with E-state index in [1.54, 1.807) is 7.11 Å². The number of rotatable bonds is 7. The zero-order chi connectivity index (χ0) is 22.7. The third kappa shape index (κ3) is 6.71. The Labute approximate surface area is 200 Å². The highest BCUT2D eigenvalue weighted by molar-refractivity contribution is 5.83. The van der Waals surface area contributed by atoms with E-state index < -0.39 is 0 Å². The van der Waals surface area contributed by atoms with E-state index in [9.17, 15) is 0 Å². The quantitative estimate of drug-likeness (QED) is 0.355. The molecule has 33 heavy (non-hydrogen) atoms. The Morgan fingerprint density at radius 1 is 0.879 bits per heavy atom. The third-order valence-electron chi connectivity index (χ3n) is 7.22. The molecule has 2 aromatic rings. The van der Waals surface area contributed by atoms with Crippen molar-refractivity contribution in [1.82, 2.24) is 4.90 Å². The van der Waals surface area contributed by atoms with Crippen molar-refractivity contribution >= 4 is 6.21 Å². The van der Waals surface area contributed by atoms with Crippen LogP contribution in [-0.2, 0) is 6.54 Å². The van der Waals surface area contributed by atoms with E-state index in [0.717, 1.165) is 41.1 Å². The van der Waals surface area contributed by atoms with Crippen molar-refractivity contribution in [3.63, 3.8) is 0 Å². The fraction of sp³-hybridized carbons (Fsp3) is 0.500. The molecule has 0 unspecified atom stereocenters. The van der Waals surface area contributed by atoms with E-state index in [1.807, 2.05) is 24.4 Å². The van der Waals surface area contributed by atoms with E-state index in [2.05, 4.69) is 52.1 Å². The van der Waals surface area contributed by atoms with Gasteiger partial charge in [0.25, 0.3) is 0 Å². The lowest BCUT2D eigenvalue weighted by Gasteiger charge is -2.40. The van der Waals surface area contributed by atoms with Gasteiger partial charge in [0.15, 0.2) is 0 Å². The zero-order valence-electron chi connectivity index (χ0n) is 20.1. The van der Waals surface area contributed by atoms with Crippen molar-refractivity contribution < 1.29 is 4.74 Å². The number of methoxy groups -OCH3 is 1. The van der Waals surface area contributed by atoms with Gasteiger partial charge in [-0.2, -0.15) is 0 Å². The van der Waals surface area contributed by atoms with Gasteiger partial charge in [-0.1, -0.05) is 86.8 Å². The highest BCUT2D eigenvalue weighted by Crippen LogP contribution is 2.29. The van der Waals surface area contributed by atoms with Crippen molar-refractivity contribution in [2.24, 2.45) is 4.99 Å². The number of para-hydroxylation sites is 1. The molecule has 0 saturated heterocycles. The predicted octanol–water partition coefficient (Wildman–Crippen LogP) is 6.63. The van der Waals surface area contributed by atoms with Crippen molar-refractivity contribution in [3.8, 4) is 17.6 Å². The Hall–Kier alpha value is -2.57. The summed E-state index contributed by atoms with van der Waals surface area (Å²) in [7, 11) is 1.71. The first-order valence-electron chi connectivity index (χ1n) is 12.8. The molecular weight excluding hydrogens is 404 g/mol. The average Bonchev–Trinajstić information content (AvgIpc) is 2.89. The second-order valence-corrected chi connectivity index (χ2v) is 9.43. The molecule has 0 radical (unpaired) electrons. The van der Waals surface area contributed by atoms with E-state index in [0.29, 0.717) is 6.54 Å². The van der Waals surface area contributed by atoms with Crippen LogP contribution in [0.4, 0.5) is 0 Å². The summed E-state index contributed by atoms with van der Waals surface area (Å²) in [6.45, 7) is 1.49. The Morgan fingerprint density at radius 3 is 2.21 bits per heavy atom. The van der Waals surface area contributed by atoms with Crippen molar-refractivity contribution in [3.05, 3.63) is 65.2 Å². The minimum atomic E-state index is 0.600. The molecule has 4 rings (SSSR count). The lowest BCUT2D eigenvalue weighted by atomic mass is 9.88. The Bertz CT molecular complexity index is 941. The van der Waals surface area contributed by atoms with E-state index in [1.165, 1.54) is 64.2 Å². The highest BCUT2D eigenvalue weighted by atomic mass is 16.5. The lowest BCUT2D eigenvalue weighted by Crippen LogP contribution is -2.45. The second-order valence-electron chi connectivity index (χ2n) is 9.43. The fourth-order valence-corrected chi connectivity index (χ4v) is 5.41. The molecule has 0 aliphatic heterocycles. The molecule has 0 bridgehead atoms. The molecule has 2 aromatic carbocycles. The van der Waals surface area contributed by atoms with E-state index >= 15 is 0 Å². The van der Waals surface area contributed by atoms with Gasteiger partial charge in [-0.3, -0.25) is 9.89 Å². The minimum Gasteiger partial charge on any atom is -0.496 e. The Balaban J connectivity index is 1.45. The zero-order valence-corrected chi connectivity index (χ0v) is 20.1. The van der Waals surface area contributed by atoms with Crippen LogP contribution >= 0.6 is 0 Å². The first-order valence-corrected chi connectivity index (χ1v) is 12.8. The van der Waals surface area contributed by atoms with Crippen molar-refractivity contribution in [2.75, 3.05) is 13.7 Å². The summed E-state index contributed by atoms with van der Waals surface area (Å²) in [6.07, 6.45) is 15.7. The number of benzene rings is 2. The van der Waals surface area contributed by atoms with Gasteiger partial charge in [0, 0.05) is 35.0 Å². The highest BCUT2D eigenvalue weighted by Gasteiger charge is 2.28. The van der Waals surface area contributed by atoms with Gasteiger partial charge >= 0.3 is 0 Å². The van der Waals surface area contributed by atoms with Crippen molar-refractivity contribution in [2.45, 2.75) is 82.8 Å². The first-order chi connectivity index (χ1) is 16.3. The van der Waals surface area contributed by atoms with Crippen LogP contribution in [0.15, 0.2) is 53.5 Å². The molecule has 174 valence electrons. The number of nitrogens with zero attached hydrogens (tertiary/aromatic N) is 2. The monoisotopic (exact) mass is 442 g/mol. The summed E-state index contributed by atoms with van der Waals surface area (Å²) < 4.78 is 5.45. The molecule has 0 N–H and O–H groups in total. The molecule has 0 heterocycles. The second kappa shape index (κ2) is 12.6. The summed E-state index contributed by atoms with van der Waals surface area (Å²) >= 11 is 0. The maximum atomic E-state index is 5.45. The lowest BCUT2D eigenvalue weighted by molar-refractivity contribution is 0.0961. The smallest absolute Gasteiger partial charge is 0.123 e. The van der Waals surface area contributed by atoms with Crippen LogP contribution in [0.2, 0.25) is 0 Å². The topological polar surface area (TPSA) is 24.8 Å². The molecule has 3 heteroatoms. The van der Waals surface area contributed by atoms with Gasteiger partial charge in [0.2, 0.25) is 0 Å². The van der Waals surface area contributed by atoms with Gasteiger partial charge in [0.05, 0.1) is 20.2 Å². The Kier molecular flexibility index (Phi) is 9.01. The van der Waals surface area contributed by atoms with Crippen LogP contribution in [0.3, 0.4) is 0 Å². The van der Waals surface area contributed by atoms with Gasteiger partial charge in [-0.15, -0.1) is 0 Å². The SMILES string of the molecule is COc1ccccc1CN=Cc1ccccc1C#CCN(C1CCCCC1)C1CCCCC1. The van der Waals surface area contributed by atoms with Crippen LogP contribution in [0.5, 0.6) is 5.75 Å². The maximum Gasteiger partial charge on any atom is 0.123 e. The molecule has 0 aromatic heterocycles.